The van der Waals surface area contributed by atoms with E-state index < -0.39 is 0 Å². The van der Waals surface area contributed by atoms with Crippen molar-refractivity contribution in [2.45, 2.75) is 52.3 Å². The Balaban J connectivity index is 1.49. The zero-order chi connectivity index (χ0) is 18.4. The van der Waals surface area contributed by atoms with Crippen molar-refractivity contribution < 1.29 is 14.2 Å². The van der Waals surface area contributed by atoms with Crippen molar-refractivity contribution in [2.75, 3.05) is 6.61 Å². The van der Waals surface area contributed by atoms with Gasteiger partial charge in [0.1, 0.15) is 0 Å². The summed E-state index contributed by atoms with van der Waals surface area (Å²) >= 11 is 0. The SMILES string of the molecule is CC1OC(COCc2ccccc2)C(C)C(C)C1OCc1ccccc1. The molecule has 0 bridgehead atoms. The molecule has 1 heterocycles. The van der Waals surface area contributed by atoms with E-state index in [4.69, 9.17) is 14.2 Å². The van der Waals surface area contributed by atoms with Crippen LogP contribution in [-0.4, -0.2) is 24.9 Å². The summed E-state index contributed by atoms with van der Waals surface area (Å²) in [5.74, 6) is 0.815. The predicted octanol–water partition coefficient (Wildman–Crippen LogP) is 4.85. The molecule has 2 aromatic carbocycles. The van der Waals surface area contributed by atoms with Crippen LogP contribution in [0, 0.1) is 11.8 Å². The van der Waals surface area contributed by atoms with E-state index in [1.807, 2.05) is 36.4 Å². The zero-order valence-corrected chi connectivity index (χ0v) is 16.0. The van der Waals surface area contributed by atoms with Crippen LogP contribution in [0.2, 0.25) is 0 Å². The van der Waals surface area contributed by atoms with Gasteiger partial charge in [-0.2, -0.15) is 0 Å². The minimum absolute atomic E-state index is 0.0650. The van der Waals surface area contributed by atoms with Crippen molar-refractivity contribution in [3.05, 3.63) is 71.8 Å². The second-order valence-electron chi connectivity index (χ2n) is 7.36. The van der Waals surface area contributed by atoms with Crippen LogP contribution in [0.25, 0.3) is 0 Å². The summed E-state index contributed by atoms with van der Waals surface area (Å²) in [5, 5.41) is 0. The van der Waals surface area contributed by atoms with Gasteiger partial charge < -0.3 is 14.2 Å². The molecular weight excluding hydrogens is 324 g/mol. The molecule has 0 amide bonds. The lowest BCUT2D eigenvalue weighted by molar-refractivity contribution is -0.197. The molecule has 0 aliphatic carbocycles. The first-order valence-electron chi connectivity index (χ1n) is 9.58. The van der Waals surface area contributed by atoms with Crippen LogP contribution in [0.1, 0.15) is 31.9 Å². The topological polar surface area (TPSA) is 27.7 Å². The Morgan fingerprint density at radius 2 is 1.35 bits per heavy atom. The van der Waals surface area contributed by atoms with E-state index in [1.54, 1.807) is 0 Å². The molecule has 0 spiro atoms. The maximum Gasteiger partial charge on any atom is 0.0867 e. The highest BCUT2D eigenvalue weighted by atomic mass is 16.6. The summed E-state index contributed by atoms with van der Waals surface area (Å²) in [4.78, 5) is 0. The Bertz CT molecular complexity index is 641. The molecule has 0 N–H and O–H groups in total. The molecule has 1 saturated heterocycles. The summed E-state index contributed by atoms with van der Waals surface area (Å²) in [7, 11) is 0. The average molecular weight is 354 g/mol. The Morgan fingerprint density at radius 3 is 1.96 bits per heavy atom. The van der Waals surface area contributed by atoms with Gasteiger partial charge >= 0.3 is 0 Å². The van der Waals surface area contributed by atoms with E-state index in [-0.39, 0.29) is 18.3 Å². The van der Waals surface area contributed by atoms with Gasteiger partial charge in [-0.25, -0.2) is 0 Å². The Morgan fingerprint density at radius 1 is 0.769 bits per heavy atom. The second kappa shape index (κ2) is 9.31. The maximum absolute atomic E-state index is 6.26. The third kappa shape index (κ3) is 4.94. The minimum atomic E-state index is 0.0650. The number of ether oxygens (including phenoxy) is 3. The van der Waals surface area contributed by atoms with Crippen LogP contribution in [0.3, 0.4) is 0 Å². The van der Waals surface area contributed by atoms with Crippen molar-refractivity contribution in [1.29, 1.82) is 0 Å². The smallest absolute Gasteiger partial charge is 0.0867 e. The number of rotatable bonds is 7. The average Bonchev–Trinajstić information content (AvgIpc) is 2.67. The van der Waals surface area contributed by atoms with Crippen molar-refractivity contribution >= 4 is 0 Å². The fourth-order valence-electron chi connectivity index (χ4n) is 3.65. The molecule has 5 unspecified atom stereocenters. The largest absolute Gasteiger partial charge is 0.374 e. The normalized spacial score (nSPS) is 28.8. The molecular formula is C23H30O3. The summed E-state index contributed by atoms with van der Waals surface area (Å²) in [6.45, 7) is 8.50. The number of hydrogen-bond acceptors (Lipinski definition) is 3. The lowest BCUT2D eigenvalue weighted by Crippen LogP contribution is -2.50. The Labute approximate surface area is 157 Å². The van der Waals surface area contributed by atoms with E-state index in [0.29, 0.717) is 31.7 Å². The Hall–Kier alpha value is -1.68. The van der Waals surface area contributed by atoms with Gasteiger partial charge in [0.15, 0.2) is 0 Å². The zero-order valence-electron chi connectivity index (χ0n) is 16.0. The van der Waals surface area contributed by atoms with Gasteiger partial charge in [-0.1, -0.05) is 74.5 Å². The highest BCUT2D eigenvalue weighted by Crippen LogP contribution is 2.33. The van der Waals surface area contributed by atoms with Gasteiger partial charge in [-0.05, 0) is 29.9 Å². The minimum Gasteiger partial charge on any atom is -0.374 e. The third-order valence-corrected chi connectivity index (χ3v) is 5.47. The molecule has 1 aliphatic rings. The molecule has 2 aromatic rings. The molecule has 26 heavy (non-hydrogen) atoms. The van der Waals surface area contributed by atoms with Crippen LogP contribution < -0.4 is 0 Å². The number of hydrogen-bond donors (Lipinski definition) is 0. The third-order valence-electron chi connectivity index (χ3n) is 5.47. The van der Waals surface area contributed by atoms with Crippen LogP contribution in [0.15, 0.2) is 60.7 Å². The van der Waals surface area contributed by atoms with E-state index in [0.717, 1.165) is 0 Å². The first-order valence-corrected chi connectivity index (χ1v) is 9.58. The molecule has 0 aromatic heterocycles. The van der Waals surface area contributed by atoms with Gasteiger partial charge in [0, 0.05) is 0 Å². The molecule has 140 valence electrons. The summed E-state index contributed by atoms with van der Waals surface area (Å²) in [5.41, 5.74) is 2.40. The standard InChI is InChI=1S/C23H30O3/c1-17-18(2)23(25-15-21-12-8-5-9-13-21)19(3)26-22(17)16-24-14-20-10-6-4-7-11-20/h4-13,17-19,22-23H,14-16H2,1-3H3. The maximum atomic E-state index is 6.26. The first kappa shape index (κ1) is 19.1. The van der Waals surface area contributed by atoms with Crippen LogP contribution >= 0.6 is 0 Å². The van der Waals surface area contributed by atoms with Crippen molar-refractivity contribution in [1.82, 2.24) is 0 Å². The first-order chi connectivity index (χ1) is 12.6. The highest BCUT2D eigenvalue weighted by molar-refractivity contribution is 5.14. The number of benzene rings is 2. The van der Waals surface area contributed by atoms with Gasteiger partial charge in [-0.15, -0.1) is 0 Å². The van der Waals surface area contributed by atoms with E-state index in [2.05, 4.69) is 45.0 Å². The molecule has 3 rings (SSSR count). The summed E-state index contributed by atoms with van der Waals surface area (Å²) in [6, 6.07) is 20.6. The molecule has 0 radical (unpaired) electrons. The quantitative estimate of drug-likeness (QED) is 0.711. The summed E-state index contributed by atoms with van der Waals surface area (Å²) < 4.78 is 18.4. The fourth-order valence-corrected chi connectivity index (χ4v) is 3.65. The molecule has 0 saturated carbocycles. The van der Waals surface area contributed by atoms with Crippen molar-refractivity contribution in [2.24, 2.45) is 11.8 Å². The monoisotopic (exact) mass is 354 g/mol. The van der Waals surface area contributed by atoms with Crippen molar-refractivity contribution in [3.8, 4) is 0 Å². The van der Waals surface area contributed by atoms with Gasteiger partial charge in [0.05, 0.1) is 38.1 Å². The second-order valence-corrected chi connectivity index (χ2v) is 7.36. The summed E-state index contributed by atoms with van der Waals surface area (Å²) in [6.07, 6.45) is 0.283. The molecule has 1 fully saturated rings. The van der Waals surface area contributed by atoms with E-state index in [1.165, 1.54) is 11.1 Å². The van der Waals surface area contributed by atoms with Gasteiger partial charge in [0.25, 0.3) is 0 Å². The Kier molecular flexibility index (Phi) is 6.84. The lowest BCUT2D eigenvalue weighted by Gasteiger charge is -2.43. The van der Waals surface area contributed by atoms with E-state index in [9.17, 15) is 0 Å². The fraction of sp³-hybridized carbons (Fsp3) is 0.478. The predicted molar refractivity (Wildman–Crippen MR) is 104 cm³/mol. The van der Waals surface area contributed by atoms with Crippen LogP contribution in [0.5, 0.6) is 0 Å². The van der Waals surface area contributed by atoms with Gasteiger partial charge in [0.2, 0.25) is 0 Å². The highest BCUT2D eigenvalue weighted by Gasteiger charge is 2.40. The molecule has 1 aliphatic heterocycles. The molecule has 3 nitrogen and oxygen atoms in total. The van der Waals surface area contributed by atoms with Gasteiger partial charge in [-0.3, -0.25) is 0 Å². The van der Waals surface area contributed by atoms with E-state index >= 15 is 0 Å². The molecule has 5 atom stereocenters. The van der Waals surface area contributed by atoms with Crippen LogP contribution in [0.4, 0.5) is 0 Å². The van der Waals surface area contributed by atoms with Crippen LogP contribution in [-0.2, 0) is 27.4 Å². The molecule has 3 heteroatoms. The van der Waals surface area contributed by atoms with Crippen molar-refractivity contribution in [3.63, 3.8) is 0 Å². The lowest BCUT2D eigenvalue weighted by atomic mass is 9.81.